The molecule has 0 amide bonds. The topological polar surface area (TPSA) is 63.3 Å². The number of hydrogen-bond donors (Lipinski definition) is 2. The molecular formula is C15H21NO2. The van der Waals surface area contributed by atoms with Crippen molar-refractivity contribution in [2.75, 3.05) is 5.73 Å². The van der Waals surface area contributed by atoms with Gasteiger partial charge in [0, 0.05) is 5.69 Å². The number of nitrogens with two attached hydrogens (primary N) is 1. The Kier molecular flexibility index (Phi) is 3.90. The smallest absolute Gasteiger partial charge is 0.306 e. The molecule has 1 unspecified atom stereocenters. The average molecular weight is 247 g/mol. The molecule has 18 heavy (non-hydrogen) atoms. The van der Waals surface area contributed by atoms with Gasteiger partial charge in [-0.2, -0.15) is 0 Å². The molecule has 0 aliphatic heterocycles. The lowest BCUT2D eigenvalue weighted by molar-refractivity contribution is -0.143. The van der Waals surface area contributed by atoms with Crippen molar-refractivity contribution in [3.05, 3.63) is 29.8 Å². The summed E-state index contributed by atoms with van der Waals surface area (Å²) in [5.41, 5.74) is 7.82. The molecule has 0 radical (unpaired) electrons. The largest absolute Gasteiger partial charge is 0.481 e. The van der Waals surface area contributed by atoms with Crippen LogP contribution in [0.1, 0.15) is 44.1 Å². The molecule has 3 heteroatoms. The number of hydrogen-bond acceptors (Lipinski definition) is 2. The van der Waals surface area contributed by atoms with E-state index in [1.807, 2.05) is 19.1 Å². The summed E-state index contributed by atoms with van der Waals surface area (Å²) in [5.74, 6) is 0.0404. The standard InChI is InChI=1S/C15H21NO2/c1-10(15(17)18)11-2-4-12(5-3-11)13-6-8-14(16)9-7-13/h6-12H,2-5,16H2,1H3,(H,17,18). The third-order valence-corrected chi connectivity index (χ3v) is 4.28. The van der Waals surface area contributed by atoms with Crippen LogP contribution in [0.25, 0.3) is 0 Å². The molecule has 1 saturated carbocycles. The van der Waals surface area contributed by atoms with Crippen LogP contribution in [-0.2, 0) is 4.79 Å². The van der Waals surface area contributed by atoms with Crippen molar-refractivity contribution in [2.45, 2.75) is 38.5 Å². The van der Waals surface area contributed by atoms with Gasteiger partial charge < -0.3 is 10.8 Å². The predicted octanol–water partition coefficient (Wildman–Crippen LogP) is 3.26. The van der Waals surface area contributed by atoms with Crippen LogP contribution in [0.5, 0.6) is 0 Å². The molecule has 2 rings (SSSR count). The van der Waals surface area contributed by atoms with Gasteiger partial charge in [-0.1, -0.05) is 19.1 Å². The maximum absolute atomic E-state index is 11.0. The molecule has 1 aliphatic rings. The lowest BCUT2D eigenvalue weighted by Gasteiger charge is -2.30. The fourth-order valence-electron chi connectivity index (χ4n) is 2.92. The van der Waals surface area contributed by atoms with E-state index in [0.717, 1.165) is 31.4 Å². The first kappa shape index (κ1) is 12.9. The summed E-state index contributed by atoms with van der Waals surface area (Å²) in [5, 5.41) is 9.03. The second-order valence-electron chi connectivity index (χ2n) is 5.41. The van der Waals surface area contributed by atoms with Gasteiger partial charge in [-0.3, -0.25) is 4.79 Å². The van der Waals surface area contributed by atoms with Gasteiger partial charge in [0.15, 0.2) is 0 Å². The van der Waals surface area contributed by atoms with Gasteiger partial charge in [0.05, 0.1) is 5.92 Å². The number of benzene rings is 1. The highest BCUT2D eigenvalue weighted by Crippen LogP contribution is 2.38. The molecular weight excluding hydrogens is 226 g/mol. The molecule has 1 fully saturated rings. The van der Waals surface area contributed by atoms with Gasteiger partial charge in [-0.15, -0.1) is 0 Å². The fourth-order valence-corrected chi connectivity index (χ4v) is 2.92. The van der Waals surface area contributed by atoms with E-state index in [1.165, 1.54) is 5.56 Å². The van der Waals surface area contributed by atoms with E-state index < -0.39 is 5.97 Å². The predicted molar refractivity (Wildman–Crippen MR) is 72.4 cm³/mol. The maximum atomic E-state index is 11.0. The SMILES string of the molecule is CC(C(=O)O)C1CCC(c2ccc(N)cc2)CC1. The van der Waals surface area contributed by atoms with Crippen LogP contribution in [0.15, 0.2) is 24.3 Å². The molecule has 1 aromatic rings. The summed E-state index contributed by atoms with van der Waals surface area (Å²) in [6.07, 6.45) is 4.21. The Morgan fingerprint density at radius 3 is 2.28 bits per heavy atom. The molecule has 0 saturated heterocycles. The third kappa shape index (κ3) is 2.84. The zero-order chi connectivity index (χ0) is 13.1. The highest BCUT2D eigenvalue weighted by molar-refractivity contribution is 5.69. The van der Waals surface area contributed by atoms with Crippen LogP contribution in [0, 0.1) is 11.8 Å². The molecule has 0 heterocycles. The van der Waals surface area contributed by atoms with Crippen LogP contribution < -0.4 is 5.73 Å². The first-order valence-corrected chi connectivity index (χ1v) is 6.66. The molecule has 3 nitrogen and oxygen atoms in total. The van der Waals surface area contributed by atoms with E-state index in [4.69, 9.17) is 10.8 Å². The summed E-state index contributed by atoms with van der Waals surface area (Å²) in [7, 11) is 0. The minimum absolute atomic E-state index is 0.211. The van der Waals surface area contributed by atoms with E-state index in [1.54, 1.807) is 0 Å². The van der Waals surface area contributed by atoms with Crippen LogP contribution in [0.4, 0.5) is 5.69 Å². The zero-order valence-corrected chi connectivity index (χ0v) is 10.8. The first-order valence-electron chi connectivity index (χ1n) is 6.66. The van der Waals surface area contributed by atoms with Crippen LogP contribution >= 0.6 is 0 Å². The molecule has 0 aromatic heterocycles. The lowest BCUT2D eigenvalue weighted by Crippen LogP contribution is -2.24. The Balaban J connectivity index is 1.94. The van der Waals surface area contributed by atoms with Crippen molar-refractivity contribution in [1.82, 2.24) is 0 Å². The monoisotopic (exact) mass is 247 g/mol. The summed E-state index contributed by atoms with van der Waals surface area (Å²) < 4.78 is 0. The molecule has 0 spiro atoms. The Labute approximate surface area is 108 Å². The molecule has 1 aliphatic carbocycles. The molecule has 1 atom stereocenters. The second-order valence-corrected chi connectivity index (χ2v) is 5.41. The van der Waals surface area contributed by atoms with E-state index in [2.05, 4.69) is 12.1 Å². The number of carbonyl (C=O) groups is 1. The molecule has 0 bridgehead atoms. The summed E-state index contributed by atoms with van der Waals surface area (Å²) in [6.45, 7) is 1.83. The van der Waals surface area contributed by atoms with Crippen molar-refractivity contribution in [3.63, 3.8) is 0 Å². The number of nitrogen functional groups attached to an aromatic ring is 1. The highest BCUT2D eigenvalue weighted by atomic mass is 16.4. The summed E-state index contributed by atoms with van der Waals surface area (Å²) >= 11 is 0. The Morgan fingerprint density at radius 2 is 1.78 bits per heavy atom. The second kappa shape index (κ2) is 5.42. The molecule has 3 N–H and O–H groups in total. The van der Waals surface area contributed by atoms with E-state index in [9.17, 15) is 4.79 Å². The molecule has 98 valence electrons. The summed E-state index contributed by atoms with van der Waals surface area (Å²) in [6, 6.07) is 8.09. The maximum Gasteiger partial charge on any atom is 0.306 e. The zero-order valence-electron chi connectivity index (χ0n) is 10.8. The quantitative estimate of drug-likeness (QED) is 0.806. The van der Waals surface area contributed by atoms with Crippen molar-refractivity contribution in [2.24, 2.45) is 11.8 Å². The normalized spacial score (nSPS) is 25.6. The van der Waals surface area contributed by atoms with Crippen molar-refractivity contribution < 1.29 is 9.90 Å². The van der Waals surface area contributed by atoms with Crippen LogP contribution in [0.2, 0.25) is 0 Å². The number of aliphatic carboxylic acids is 1. The third-order valence-electron chi connectivity index (χ3n) is 4.28. The highest BCUT2D eigenvalue weighted by Gasteiger charge is 2.29. The number of anilines is 1. The average Bonchev–Trinajstić information content (AvgIpc) is 2.39. The Hall–Kier alpha value is -1.51. The van der Waals surface area contributed by atoms with Gasteiger partial charge in [0.1, 0.15) is 0 Å². The lowest BCUT2D eigenvalue weighted by atomic mass is 9.74. The van der Waals surface area contributed by atoms with Crippen molar-refractivity contribution in [1.29, 1.82) is 0 Å². The minimum atomic E-state index is -0.661. The van der Waals surface area contributed by atoms with E-state index in [-0.39, 0.29) is 5.92 Å². The van der Waals surface area contributed by atoms with Gasteiger partial charge in [-0.25, -0.2) is 0 Å². The minimum Gasteiger partial charge on any atom is -0.481 e. The van der Waals surface area contributed by atoms with Gasteiger partial charge in [-0.05, 0) is 55.2 Å². The van der Waals surface area contributed by atoms with Gasteiger partial charge in [0.25, 0.3) is 0 Å². The Morgan fingerprint density at radius 1 is 1.22 bits per heavy atom. The Bertz CT molecular complexity index is 405. The van der Waals surface area contributed by atoms with E-state index in [0.29, 0.717) is 11.8 Å². The number of carboxylic acids is 1. The number of carboxylic acid groups (broad SMARTS) is 1. The van der Waals surface area contributed by atoms with E-state index >= 15 is 0 Å². The van der Waals surface area contributed by atoms with Crippen LogP contribution in [-0.4, -0.2) is 11.1 Å². The van der Waals surface area contributed by atoms with Crippen molar-refractivity contribution >= 4 is 11.7 Å². The van der Waals surface area contributed by atoms with Crippen LogP contribution in [0.3, 0.4) is 0 Å². The molecule has 1 aromatic carbocycles. The fraction of sp³-hybridized carbons (Fsp3) is 0.533. The van der Waals surface area contributed by atoms with Gasteiger partial charge in [0.2, 0.25) is 0 Å². The van der Waals surface area contributed by atoms with Gasteiger partial charge >= 0.3 is 5.97 Å². The summed E-state index contributed by atoms with van der Waals surface area (Å²) in [4.78, 5) is 11.0. The number of rotatable bonds is 3. The van der Waals surface area contributed by atoms with Crippen molar-refractivity contribution in [3.8, 4) is 0 Å². The first-order chi connectivity index (χ1) is 8.58.